The number of nitrogens with zero attached hydrogens (tertiary/aromatic N) is 1. The van der Waals surface area contributed by atoms with Crippen molar-refractivity contribution in [3.63, 3.8) is 0 Å². The number of Topliss-reactive ketones (excluding diaryl/α,β-unsaturated/α-hetero) is 1. The van der Waals surface area contributed by atoms with Gasteiger partial charge in [-0.25, -0.2) is 4.79 Å². The van der Waals surface area contributed by atoms with Crippen molar-refractivity contribution in [3.8, 4) is 0 Å². The van der Waals surface area contributed by atoms with E-state index in [9.17, 15) is 9.59 Å². The van der Waals surface area contributed by atoms with Gasteiger partial charge in [0, 0.05) is 17.1 Å². The van der Waals surface area contributed by atoms with Crippen LogP contribution in [0.5, 0.6) is 0 Å². The van der Waals surface area contributed by atoms with Crippen LogP contribution in [0.4, 0.5) is 0 Å². The zero-order chi connectivity index (χ0) is 13.1. The normalized spacial score (nSPS) is 10.3. The fourth-order valence-electron chi connectivity index (χ4n) is 1.85. The van der Waals surface area contributed by atoms with Gasteiger partial charge in [-0.05, 0) is 26.0 Å². The molecule has 0 fully saturated rings. The first-order valence-electron chi connectivity index (χ1n) is 5.71. The molecule has 0 spiro atoms. The number of para-hydroxylation sites is 1. The number of ketones is 1. The lowest BCUT2D eigenvalue weighted by Gasteiger charge is -2.07. The van der Waals surface area contributed by atoms with Crippen LogP contribution >= 0.6 is 0 Å². The molecule has 0 aliphatic rings. The molecule has 0 aliphatic carbocycles. The SMILES string of the molecule is CCOC(=O)c1ccnc2c(C(C)=O)cccc12. The van der Waals surface area contributed by atoms with Crippen molar-refractivity contribution in [2.75, 3.05) is 6.61 Å². The number of benzene rings is 1. The summed E-state index contributed by atoms with van der Waals surface area (Å²) < 4.78 is 4.98. The van der Waals surface area contributed by atoms with Crippen molar-refractivity contribution >= 4 is 22.7 Å². The zero-order valence-corrected chi connectivity index (χ0v) is 10.3. The minimum absolute atomic E-state index is 0.0749. The molecule has 1 aromatic heterocycles. The van der Waals surface area contributed by atoms with Gasteiger partial charge in [-0.3, -0.25) is 9.78 Å². The van der Waals surface area contributed by atoms with E-state index >= 15 is 0 Å². The van der Waals surface area contributed by atoms with Crippen molar-refractivity contribution in [1.82, 2.24) is 4.98 Å². The number of pyridine rings is 1. The third kappa shape index (κ3) is 2.09. The lowest BCUT2D eigenvalue weighted by Crippen LogP contribution is -2.06. The number of carbonyl (C=O) groups excluding carboxylic acids is 2. The number of ether oxygens (including phenoxy) is 1. The summed E-state index contributed by atoms with van der Waals surface area (Å²) in [7, 11) is 0. The number of hydrogen-bond donors (Lipinski definition) is 0. The zero-order valence-electron chi connectivity index (χ0n) is 10.3. The van der Waals surface area contributed by atoms with Gasteiger partial charge in [0.05, 0.1) is 17.7 Å². The Balaban J connectivity index is 2.67. The predicted octanol–water partition coefficient (Wildman–Crippen LogP) is 2.61. The van der Waals surface area contributed by atoms with Gasteiger partial charge >= 0.3 is 5.97 Å². The van der Waals surface area contributed by atoms with E-state index in [4.69, 9.17) is 4.74 Å². The van der Waals surface area contributed by atoms with E-state index in [2.05, 4.69) is 4.98 Å². The monoisotopic (exact) mass is 243 g/mol. The molecule has 2 rings (SSSR count). The Morgan fingerprint density at radius 3 is 2.67 bits per heavy atom. The minimum atomic E-state index is -0.398. The second kappa shape index (κ2) is 4.96. The number of rotatable bonds is 3. The standard InChI is InChI=1S/C14H13NO3/c1-3-18-14(17)12-7-8-15-13-10(9(2)16)5-4-6-11(12)13/h4-8H,3H2,1-2H3. The van der Waals surface area contributed by atoms with Gasteiger partial charge in [-0.15, -0.1) is 0 Å². The highest BCUT2D eigenvalue weighted by atomic mass is 16.5. The molecule has 2 aromatic rings. The van der Waals surface area contributed by atoms with Crippen molar-refractivity contribution < 1.29 is 14.3 Å². The average Bonchev–Trinajstić information content (AvgIpc) is 2.37. The number of esters is 1. The molecule has 0 unspecified atom stereocenters. The first-order chi connectivity index (χ1) is 8.65. The quantitative estimate of drug-likeness (QED) is 0.614. The van der Waals surface area contributed by atoms with E-state index in [1.807, 2.05) is 0 Å². The number of fused-ring (bicyclic) bond motifs is 1. The summed E-state index contributed by atoms with van der Waals surface area (Å²) in [5.74, 6) is -0.472. The number of hydrogen-bond acceptors (Lipinski definition) is 4. The summed E-state index contributed by atoms with van der Waals surface area (Å²) in [6.07, 6.45) is 1.51. The van der Waals surface area contributed by atoms with E-state index in [0.29, 0.717) is 28.6 Å². The first kappa shape index (κ1) is 12.2. The number of aromatic nitrogens is 1. The molecule has 1 aromatic carbocycles. The summed E-state index contributed by atoms with van der Waals surface area (Å²) in [5.41, 5.74) is 1.49. The highest BCUT2D eigenvalue weighted by Crippen LogP contribution is 2.21. The molecular formula is C14H13NO3. The fourth-order valence-corrected chi connectivity index (χ4v) is 1.85. The lowest BCUT2D eigenvalue weighted by atomic mass is 10.0. The fraction of sp³-hybridized carbons (Fsp3) is 0.214. The van der Waals surface area contributed by atoms with Crippen LogP contribution in [0.2, 0.25) is 0 Å². The van der Waals surface area contributed by atoms with Gasteiger partial charge in [0.15, 0.2) is 5.78 Å². The topological polar surface area (TPSA) is 56.3 Å². The predicted molar refractivity (Wildman–Crippen MR) is 67.7 cm³/mol. The maximum Gasteiger partial charge on any atom is 0.338 e. The summed E-state index contributed by atoms with van der Waals surface area (Å²) in [4.78, 5) is 27.5. The van der Waals surface area contributed by atoms with Gasteiger partial charge in [-0.2, -0.15) is 0 Å². The Kier molecular flexibility index (Phi) is 3.37. The molecule has 18 heavy (non-hydrogen) atoms. The van der Waals surface area contributed by atoms with Crippen molar-refractivity contribution in [3.05, 3.63) is 41.6 Å². The third-order valence-electron chi connectivity index (χ3n) is 2.65. The summed E-state index contributed by atoms with van der Waals surface area (Å²) in [6, 6.07) is 6.81. The lowest BCUT2D eigenvalue weighted by molar-refractivity contribution is 0.0528. The smallest absolute Gasteiger partial charge is 0.338 e. The Morgan fingerprint density at radius 2 is 2.00 bits per heavy atom. The molecule has 0 bridgehead atoms. The maximum atomic E-state index is 11.8. The van der Waals surface area contributed by atoms with Gasteiger partial charge in [0.1, 0.15) is 0 Å². The van der Waals surface area contributed by atoms with Crippen molar-refractivity contribution in [1.29, 1.82) is 0 Å². The Labute approximate surface area is 105 Å². The average molecular weight is 243 g/mol. The van der Waals surface area contributed by atoms with Gasteiger partial charge in [0.25, 0.3) is 0 Å². The van der Waals surface area contributed by atoms with Gasteiger partial charge in [0.2, 0.25) is 0 Å². The summed E-state index contributed by atoms with van der Waals surface area (Å²) in [6.45, 7) is 3.55. The van der Waals surface area contributed by atoms with Crippen LogP contribution in [0.15, 0.2) is 30.5 Å². The second-order valence-corrected chi connectivity index (χ2v) is 3.84. The Hall–Kier alpha value is -2.23. The molecule has 0 saturated carbocycles. The molecule has 92 valence electrons. The maximum absolute atomic E-state index is 11.8. The molecule has 0 radical (unpaired) electrons. The molecule has 0 N–H and O–H groups in total. The van der Waals surface area contributed by atoms with E-state index in [-0.39, 0.29) is 5.78 Å². The Bertz CT molecular complexity index is 619. The molecule has 0 atom stereocenters. The second-order valence-electron chi connectivity index (χ2n) is 3.84. The van der Waals surface area contributed by atoms with Gasteiger partial charge < -0.3 is 4.74 Å². The molecule has 0 aliphatic heterocycles. The molecule has 4 nitrogen and oxygen atoms in total. The van der Waals surface area contributed by atoms with Crippen molar-refractivity contribution in [2.24, 2.45) is 0 Å². The van der Waals surface area contributed by atoms with E-state index < -0.39 is 5.97 Å². The van der Waals surface area contributed by atoms with Crippen LogP contribution in [0.1, 0.15) is 34.6 Å². The van der Waals surface area contributed by atoms with E-state index in [0.717, 1.165) is 0 Å². The van der Waals surface area contributed by atoms with Crippen LogP contribution in [0.3, 0.4) is 0 Å². The molecule has 0 amide bonds. The largest absolute Gasteiger partial charge is 0.462 e. The van der Waals surface area contributed by atoms with E-state index in [1.165, 1.54) is 13.1 Å². The summed E-state index contributed by atoms with van der Waals surface area (Å²) >= 11 is 0. The van der Waals surface area contributed by atoms with Crippen LogP contribution in [0.25, 0.3) is 10.9 Å². The van der Waals surface area contributed by atoms with Crippen LogP contribution in [0, 0.1) is 0 Å². The highest BCUT2D eigenvalue weighted by molar-refractivity contribution is 6.10. The highest BCUT2D eigenvalue weighted by Gasteiger charge is 2.14. The third-order valence-corrected chi connectivity index (χ3v) is 2.65. The van der Waals surface area contributed by atoms with Crippen molar-refractivity contribution in [2.45, 2.75) is 13.8 Å². The Morgan fingerprint density at radius 1 is 1.22 bits per heavy atom. The van der Waals surface area contributed by atoms with Crippen LogP contribution < -0.4 is 0 Å². The first-order valence-corrected chi connectivity index (χ1v) is 5.71. The van der Waals surface area contributed by atoms with Crippen LogP contribution in [-0.4, -0.2) is 23.3 Å². The minimum Gasteiger partial charge on any atom is -0.462 e. The summed E-state index contributed by atoms with van der Waals surface area (Å²) in [5, 5.41) is 0.642. The molecule has 4 heteroatoms. The molecular weight excluding hydrogens is 230 g/mol. The van der Waals surface area contributed by atoms with Crippen LogP contribution in [-0.2, 0) is 4.74 Å². The van der Waals surface area contributed by atoms with Gasteiger partial charge in [-0.1, -0.05) is 12.1 Å². The number of carbonyl (C=O) groups is 2. The molecule has 1 heterocycles. The van der Waals surface area contributed by atoms with E-state index in [1.54, 1.807) is 31.2 Å². The molecule has 0 saturated heterocycles.